The fraction of sp³-hybridized carbons (Fsp3) is 0.583. The molecule has 6 nitrogen and oxygen atoms in total. The van der Waals surface area contributed by atoms with E-state index in [4.69, 9.17) is 19.8 Å². The smallest absolute Gasteiger partial charge is 0.287 e. The zero-order valence-corrected chi connectivity index (χ0v) is 14.4. The summed E-state index contributed by atoms with van der Waals surface area (Å²) in [7, 11) is 1.28. The molecule has 0 aliphatic carbocycles. The molecule has 1 fully saturated rings. The van der Waals surface area contributed by atoms with E-state index in [0.717, 1.165) is 18.9 Å². The molecule has 1 aliphatic rings. The van der Waals surface area contributed by atoms with Crippen LogP contribution in [0.25, 0.3) is 0 Å². The molecule has 2 rings (SSSR count). The van der Waals surface area contributed by atoms with Crippen LogP contribution in [0, 0.1) is 5.92 Å². The van der Waals surface area contributed by atoms with E-state index in [9.17, 15) is 13.2 Å². The van der Waals surface area contributed by atoms with Crippen molar-refractivity contribution in [3.8, 4) is 0 Å². The van der Waals surface area contributed by atoms with Crippen molar-refractivity contribution >= 4 is 41.6 Å². The predicted molar refractivity (Wildman–Crippen MR) is 79.9 cm³/mol. The number of hydrogen-bond acceptors (Lipinski definition) is 5. The maximum Gasteiger partial charge on any atom is 0.287 e. The molecule has 1 amide bonds. The number of amides is 1. The van der Waals surface area contributed by atoms with Crippen LogP contribution in [0.15, 0.2) is 20.0 Å². The number of hydrogen-bond donors (Lipinski definition) is 1. The van der Waals surface area contributed by atoms with Gasteiger partial charge in [-0.15, -0.1) is 0 Å². The molecule has 2 atom stereocenters. The summed E-state index contributed by atoms with van der Waals surface area (Å²) in [6, 6.07) is 1.10. The van der Waals surface area contributed by atoms with E-state index < -0.39 is 15.0 Å². The minimum atomic E-state index is -3.96. The highest BCUT2D eigenvalue weighted by Gasteiger charge is 2.28. The number of ether oxygens (including phenoxy) is 1. The quantitative estimate of drug-likeness (QED) is 0.768. The number of furan rings is 1. The standard InChI is InChI=1S/C12H15BrClNO5S/c1-2-8-7(3-4-19-8)6-15-12(16)9-5-10(11(13)20-9)21(14,17)18/h5,7-8H,2-4,6H2,1H3,(H,15,16). The van der Waals surface area contributed by atoms with Crippen LogP contribution in [0.1, 0.15) is 30.3 Å². The maximum atomic E-state index is 12.0. The predicted octanol–water partition coefficient (Wildman–Crippen LogP) is 2.51. The van der Waals surface area contributed by atoms with Gasteiger partial charge < -0.3 is 14.5 Å². The van der Waals surface area contributed by atoms with E-state index in [1.807, 2.05) is 6.92 Å². The Morgan fingerprint density at radius 1 is 1.57 bits per heavy atom. The van der Waals surface area contributed by atoms with E-state index in [2.05, 4.69) is 21.2 Å². The maximum absolute atomic E-state index is 12.0. The van der Waals surface area contributed by atoms with Gasteiger partial charge in [0.2, 0.25) is 0 Å². The van der Waals surface area contributed by atoms with Crippen LogP contribution in [0.5, 0.6) is 0 Å². The Bertz CT molecular complexity index is 630. The molecule has 0 radical (unpaired) electrons. The van der Waals surface area contributed by atoms with E-state index in [1.165, 1.54) is 0 Å². The number of nitrogens with one attached hydrogen (secondary N) is 1. The molecule has 9 heteroatoms. The summed E-state index contributed by atoms with van der Waals surface area (Å²) in [5.41, 5.74) is 0. The second-order valence-corrected chi connectivity index (χ2v) is 8.02. The monoisotopic (exact) mass is 399 g/mol. The van der Waals surface area contributed by atoms with Gasteiger partial charge in [-0.25, -0.2) is 8.42 Å². The molecule has 1 saturated heterocycles. The van der Waals surface area contributed by atoms with E-state index >= 15 is 0 Å². The van der Waals surface area contributed by atoms with Crippen molar-refractivity contribution in [1.82, 2.24) is 5.32 Å². The lowest BCUT2D eigenvalue weighted by Gasteiger charge is -2.16. The molecule has 0 bridgehead atoms. The Hall–Kier alpha value is -0.570. The first-order chi connectivity index (χ1) is 9.82. The van der Waals surface area contributed by atoms with Crippen LogP contribution >= 0.6 is 26.6 Å². The summed E-state index contributed by atoms with van der Waals surface area (Å²) in [6.07, 6.45) is 1.93. The number of carbonyl (C=O) groups is 1. The van der Waals surface area contributed by atoms with Crippen LogP contribution in [-0.2, 0) is 13.8 Å². The van der Waals surface area contributed by atoms with Gasteiger partial charge in [-0.3, -0.25) is 4.79 Å². The molecule has 0 aromatic carbocycles. The SMILES string of the molecule is CCC1OCCC1CNC(=O)c1cc(S(=O)(=O)Cl)c(Br)o1. The summed E-state index contributed by atoms with van der Waals surface area (Å²) in [6.45, 7) is 3.19. The molecule has 21 heavy (non-hydrogen) atoms. The summed E-state index contributed by atoms with van der Waals surface area (Å²) in [5.74, 6) is -0.328. The molecule has 0 saturated carbocycles. The molecule has 1 aromatic rings. The highest BCUT2D eigenvalue weighted by atomic mass is 79.9. The minimum Gasteiger partial charge on any atom is -0.443 e. The fourth-order valence-corrected chi connectivity index (χ4v) is 4.35. The topological polar surface area (TPSA) is 85.6 Å². The second kappa shape index (κ2) is 6.68. The number of carbonyl (C=O) groups excluding carboxylic acids is 1. The molecule has 1 aliphatic heterocycles. The number of halogens is 2. The molecule has 2 unspecified atom stereocenters. The fourth-order valence-electron chi connectivity index (χ4n) is 2.32. The van der Waals surface area contributed by atoms with Gasteiger partial charge in [0.1, 0.15) is 4.90 Å². The average Bonchev–Trinajstić information content (AvgIpc) is 3.00. The lowest BCUT2D eigenvalue weighted by atomic mass is 10.00. The van der Waals surface area contributed by atoms with Crippen molar-refractivity contribution in [2.45, 2.75) is 30.8 Å². The molecular formula is C12H15BrClNO5S. The molecule has 118 valence electrons. The second-order valence-electron chi connectivity index (χ2n) is 4.76. The minimum absolute atomic E-state index is 0.0849. The van der Waals surface area contributed by atoms with Gasteiger partial charge in [-0.2, -0.15) is 0 Å². The van der Waals surface area contributed by atoms with E-state index in [1.54, 1.807) is 0 Å². The average molecular weight is 401 g/mol. The normalized spacial score (nSPS) is 22.4. The summed E-state index contributed by atoms with van der Waals surface area (Å²) in [5, 5.41) is 2.73. The van der Waals surface area contributed by atoms with Crippen molar-refractivity contribution in [1.29, 1.82) is 0 Å². The first kappa shape index (κ1) is 16.8. The number of rotatable bonds is 5. The highest BCUT2D eigenvalue weighted by Crippen LogP contribution is 2.29. The Labute approximate surface area is 135 Å². The van der Waals surface area contributed by atoms with Crippen molar-refractivity contribution in [2.24, 2.45) is 5.92 Å². The van der Waals surface area contributed by atoms with Crippen molar-refractivity contribution in [3.63, 3.8) is 0 Å². The Morgan fingerprint density at radius 2 is 2.29 bits per heavy atom. The first-order valence-corrected chi connectivity index (χ1v) is 9.57. The van der Waals surface area contributed by atoms with Gasteiger partial charge in [-0.1, -0.05) is 6.92 Å². The summed E-state index contributed by atoms with van der Waals surface area (Å²) >= 11 is 2.93. The van der Waals surface area contributed by atoms with Gasteiger partial charge in [0.15, 0.2) is 10.4 Å². The third-order valence-electron chi connectivity index (χ3n) is 3.42. The van der Waals surface area contributed by atoms with Crippen LogP contribution < -0.4 is 5.32 Å². The van der Waals surface area contributed by atoms with Gasteiger partial charge in [0.25, 0.3) is 15.0 Å². The first-order valence-electron chi connectivity index (χ1n) is 6.46. The van der Waals surface area contributed by atoms with Gasteiger partial charge in [0, 0.05) is 35.8 Å². The molecule has 0 spiro atoms. The van der Waals surface area contributed by atoms with Crippen molar-refractivity contribution < 1.29 is 22.4 Å². The Morgan fingerprint density at radius 3 is 2.86 bits per heavy atom. The van der Waals surface area contributed by atoms with Crippen molar-refractivity contribution in [2.75, 3.05) is 13.2 Å². The van der Waals surface area contributed by atoms with Crippen LogP contribution in [0.2, 0.25) is 0 Å². The van der Waals surface area contributed by atoms with Crippen LogP contribution in [-0.4, -0.2) is 33.6 Å². The van der Waals surface area contributed by atoms with Crippen molar-refractivity contribution in [3.05, 3.63) is 16.5 Å². The van der Waals surface area contributed by atoms with Gasteiger partial charge >= 0.3 is 0 Å². The zero-order valence-electron chi connectivity index (χ0n) is 11.3. The molecule has 1 aromatic heterocycles. The van der Waals surface area contributed by atoms with E-state index in [-0.39, 0.29) is 27.3 Å². The third kappa shape index (κ3) is 4.00. The Balaban J connectivity index is 2.01. The molecular weight excluding hydrogens is 386 g/mol. The van der Waals surface area contributed by atoms with Gasteiger partial charge in [-0.05, 0) is 28.8 Å². The lowest BCUT2D eigenvalue weighted by Crippen LogP contribution is -2.32. The highest BCUT2D eigenvalue weighted by molar-refractivity contribution is 9.10. The summed E-state index contributed by atoms with van der Waals surface area (Å²) < 4.78 is 33.1. The van der Waals surface area contributed by atoms with Gasteiger partial charge in [0.05, 0.1) is 6.10 Å². The lowest BCUT2D eigenvalue weighted by molar-refractivity contribution is 0.0815. The Kier molecular flexibility index (Phi) is 5.34. The molecule has 2 heterocycles. The van der Waals surface area contributed by atoms with E-state index in [0.29, 0.717) is 13.2 Å². The van der Waals surface area contributed by atoms with Crippen LogP contribution in [0.4, 0.5) is 0 Å². The molecule has 1 N–H and O–H groups in total. The van der Waals surface area contributed by atoms with Crippen LogP contribution in [0.3, 0.4) is 0 Å². The third-order valence-corrected chi connectivity index (χ3v) is 5.59. The largest absolute Gasteiger partial charge is 0.443 e. The zero-order chi connectivity index (χ0) is 15.6. The summed E-state index contributed by atoms with van der Waals surface area (Å²) in [4.78, 5) is 11.7.